The Hall–Kier alpha value is -7.83. The van der Waals surface area contributed by atoms with Gasteiger partial charge in [0.05, 0.1) is 50.9 Å². The molecule has 0 amide bonds. The molecule has 0 saturated carbocycles. The van der Waals surface area contributed by atoms with Crippen molar-refractivity contribution in [1.82, 2.24) is 24.1 Å². The Morgan fingerprint density at radius 2 is 0.965 bits per heavy atom. The summed E-state index contributed by atoms with van der Waals surface area (Å²) in [6.45, 7) is 0. The summed E-state index contributed by atoms with van der Waals surface area (Å²) in [7, 11) is 0. The average molecular weight is 751 g/mol. The van der Waals surface area contributed by atoms with E-state index in [0.717, 1.165) is 0 Å². The quantitative estimate of drug-likeness (QED) is 0.176. The van der Waals surface area contributed by atoms with Crippen LogP contribution in [0.1, 0.15) is 28.8 Å². The highest BCUT2D eigenvalue weighted by Gasteiger charge is 2.24. The molecule has 0 radical (unpaired) electrons. The SMILES string of the molecule is [2H]c1c([2H])c([2H])c(-c2nc(-c3c([2H])c([2H])c([2H])c([2H])c3[2H])nc(-n3c4ccccc4c4ccc5c6ccccc6n(-c6c([2H])c([2H])c7oc8c([2H])c(-c9c([2H])c([2H])c([2H])c([2H])c9[2H])c([2H])c([2H])c8c7c6[2H])c5c43)n2)c([2H])c1[2H]. The number of furan rings is 1. The number of nitrogens with zero attached hydrogens (tertiary/aromatic N) is 5. The molecule has 12 aromatic rings. The van der Waals surface area contributed by atoms with Crippen LogP contribution in [0.2, 0.25) is 0 Å². The van der Waals surface area contributed by atoms with Crippen LogP contribution in [0.25, 0.3) is 111 Å². The Balaban J connectivity index is 1.24. The number of hydrogen-bond donors (Lipinski definition) is 0. The predicted molar refractivity (Wildman–Crippen MR) is 232 cm³/mol. The van der Waals surface area contributed by atoms with E-state index in [0.29, 0.717) is 32.6 Å². The maximum Gasteiger partial charge on any atom is 0.238 e. The minimum absolute atomic E-state index is 0.242. The Bertz CT molecular complexity index is 4600. The first-order chi connectivity index (χ1) is 37.0. The first-order valence-corrected chi connectivity index (χ1v) is 17.4. The zero-order valence-corrected chi connectivity index (χ0v) is 28.9. The molecule has 6 nitrogen and oxygen atoms in total. The van der Waals surface area contributed by atoms with E-state index in [1.165, 1.54) is 4.57 Å². The van der Waals surface area contributed by atoms with Gasteiger partial charge in [0.25, 0.3) is 0 Å². The first-order valence-electron chi connectivity index (χ1n) is 27.9. The minimum atomic E-state index is -0.745. The smallest absolute Gasteiger partial charge is 0.238 e. The number of benzene rings is 8. The van der Waals surface area contributed by atoms with Crippen molar-refractivity contribution in [2.24, 2.45) is 0 Å². The molecule has 0 fully saturated rings. The lowest BCUT2D eigenvalue weighted by Crippen LogP contribution is -2.07. The number of rotatable bonds is 5. The lowest BCUT2D eigenvalue weighted by Gasteiger charge is -2.13. The molecule has 0 aliphatic carbocycles. The number of para-hydroxylation sites is 2. The summed E-state index contributed by atoms with van der Waals surface area (Å²) in [5.41, 5.74) is -1.87. The van der Waals surface area contributed by atoms with Crippen LogP contribution >= 0.6 is 0 Å². The monoisotopic (exact) mass is 750 g/mol. The van der Waals surface area contributed by atoms with Crippen molar-refractivity contribution < 1.29 is 33.2 Å². The van der Waals surface area contributed by atoms with E-state index in [-0.39, 0.29) is 33.4 Å². The van der Waals surface area contributed by atoms with Gasteiger partial charge in [0.1, 0.15) is 11.2 Å². The van der Waals surface area contributed by atoms with Crippen LogP contribution in [-0.4, -0.2) is 24.1 Å². The maximum absolute atomic E-state index is 10.0. The van der Waals surface area contributed by atoms with E-state index in [2.05, 4.69) is 4.98 Å². The van der Waals surface area contributed by atoms with Crippen molar-refractivity contribution in [3.63, 3.8) is 0 Å². The second-order valence-electron chi connectivity index (χ2n) is 12.8. The molecule has 0 N–H and O–H groups in total. The highest BCUT2D eigenvalue weighted by atomic mass is 16.3. The second kappa shape index (κ2) is 12.3. The molecular formula is C51H31N5O. The van der Waals surface area contributed by atoms with Gasteiger partial charge in [0.2, 0.25) is 5.95 Å². The molecule has 8 aromatic carbocycles. The molecule has 0 atom stereocenters. The van der Waals surface area contributed by atoms with Gasteiger partial charge < -0.3 is 8.98 Å². The molecule has 0 unspecified atom stereocenters. The molecule has 57 heavy (non-hydrogen) atoms. The van der Waals surface area contributed by atoms with Gasteiger partial charge in [-0.15, -0.1) is 0 Å². The molecule has 0 aliphatic heterocycles. The normalized spacial score (nSPS) is 17.0. The van der Waals surface area contributed by atoms with Gasteiger partial charge in [-0.2, -0.15) is 9.97 Å². The van der Waals surface area contributed by atoms with Crippen molar-refractivity contribution in [3.05, 3.63) is 188 Å². The van der Waals surface area contributed by atoms with Crippen LogP contribution in [-0.2, 0) is 0 Å². The average Bonchev–Trinajstić information content (AvgIpc) is 3.86. The first kappa shape index (κ1) is 17.3. The summed E-state index contributed by atoms with van der Waals surface area (Å²) >= 11 is 0. The van der Waals surface area contributed by atoms with E-state index in [4.69, 9.17) is 34.9 Å². The summed E-state index contributed by atoms with van der Waals surface area (Å²) in [6, 6.07) is 2.82. The minimum Gasteiger partial charge on any atom is -0.456 e. The highest BCUT2D eigenvalue weighted by molar-refractivity contribution is 6.24. The Labute approximate surface area is 356 Å². The third kappa shape index (κ3) is 4.87. The summed E-state index contributed by atoms with van der Waals surface area (Å²) < 4.78 is 195. The Morgan fingerprint density at radius 3 is 1.60 bits per heavy atom. The number of aromatic nitrogens is 5. The van der Waals surface area contributed by atoms with Crippen LogP contribution in [0, 0.1) is 0 Å². The van der Waals surface area contributed by atoms with E-state index >= 15 is 0 Å². The number of hydrogen-bond acceptors (Lipinski definition) is 4. The van der Waals surface area contributed by atoms with Crippen LogP contribution in [0.4, 0.5) is 0 Å². The standard InChI is InChI=1S/C51H31N5O/c1-4-14-32(15-5-1)35-24-26-39-42-31-36(25-29-45(42)57-46(39)30-35)55-43-22-12-10-20-37(43)40-27-28-41-38-21-11-13-23-44(38)56(48(41)47(40)55)51-53-49(33-16-6-2-7-17-33)52-50(54-51)34-18-8-3-9-19-34/h1-31H/i1D,2D,3D,4D,5D,6D,7D,8D,9D,14D,15D,16D,17D,18D,19D,24D,25D,26D,29D,30D,31D. The van der Waals surface area contributed by atoms with E-state index in [1.807, 2.05) is 0 Å². The summed E-state index contributed by atoms with van der Waals surface area (Å²) in [4.78, 5) is 14.0. The fourth-order valence-corrected chi connectivity index (χ4v) is 7.35. The fraction of sp³-hybridized carbons (Fsp3) is 0. The molecule has 4 heterocycles. The van der Waals surface area contributed by atoms with Crippen LogP contribution in [0.5, 0.6) is 0 Å². The van der Waals surface area contributed by atoms with Crippen molar-refractivity contribution >= 4 is 65.6 Å². The molecular weight excluding hydrogens is 699 g/mol. The molecule has 266 valence electrons. The lowest BCUT2D eigenvalue weighted by molar-refractivity contribution is 0.669. The van der Waals surface area contributed by atoms with Crippen LogP contribution in [0.3, 0.4) is 0 Å². The van der Waals surface area contributed by atoms with Gasteiger partial charge in [-0.3, -0.25) is 4.57 Å². The largest absolute Gasteiger partial charge is 0.456 e. The van der Waals surface area contributed by atoms with Gasteiger partial charge >= 0.3 is 0 Å². The maximum atomic E-state index is 10.0. The molecule has 6 heteroatoms. The second-order valence-corrected chi connectivity index (χ2v) is 12.8. The molecule has 0 aliphatic rings. The summed E-state index contributed by atoms with van der Waals surface area (Å²) in [6.07, 6.45) is 0. The molecule has 0 spiro atoms. The predicted octanol–water partition coefficient (Wildman–Crippen LogP) is 13.0. The zero-order valence-electron chi connectivity index (χ0n) is 49.9. The molecule has 12 rings (SSSR count). The van der Waals surface area contributed by atoms with Crippen molar-refractivity contribution in [3.8, 4) is 45.5 Å². The molecule has 0 saturated heterocycles. The van der Waals surface area contributed by atoms with Crippen molar-refractivity contribution in [2.45, 2.75) is 0 Å². The third-order valence-corrected chi connectivity index (χ3v) is 9.71. The van der Waals surface area contributed by atoms with Gasteiger partial charge in [-0.05, 0) is 53.5 Å². The van der Waals surface area contributed by atoms with Gasteiger partial charge in [-0.1, -0.05) is 145 Å². The van der Waals surface area contributed by atoms with E-state index in [9.17, 15) is 8.22 Å². The van der Waals surface area contributed by atoms with Gasteiger partial charge in [0, 0.05) is 49.1 Å². The topological polar surface area (TPSA) is 61.7 Å². The van der Waals surface area contributed by atoms with Gasteiger partial charge in [-0.25, -0.2) is 4.98 Å². The van der Waals surface area contributed by atoms with E-state index < -0.39 is 172 Å². The zero-order chi connectivity index (χ0) is 55.7. The summed E-state index contributed by atoms with van der Waals surface area (Å²) in [5.74, 6) is -1.39. The van der Waals surface area contributed by atoms with Crippen LogP contribution in [0.15, 0.2) is 192 Å². The lowest BCUT2D eigenvalue weighted by atomic mass is 10.0. The fourth-order valence-electron chi connectivity index (χ4n) is 7.35. The summed E-state index contributed by atoms with van der Waals surface area (Å²) in [5, 5.41) is 1.60. The Morgan fingerprint density at radius 1 is 0.404 bits per heavy atom. The highest BCUT2D eigenvalue weighted by Crippen LogP contribution is 2.42. The van der Waals surface area contributed by atoms with Gasteiger partial charge in [0.15, 0.2) is 11.6 Å². The van der Waals surface area contributed by atoms with E-state index in [1.54, 1.807) is 65.2 Å². The Kier molecular flexibility index (Phi) is 3.75. The third-order valence-electron chi connectivity index (χ3n) is 9.71. The van der Waals surface area contributed by atoms with Crippen LogP contribution < -0.4 is 0 Å². The molecule has 0 bridgehead atoms. The van der Waals surface area contributed by atoms with Crippen molar-refractivity contribution in [2.75, 3.05) is 0 Å². The van der Waals surface area contributed by atoms with Crippen molar-refractivity contribution in [1.29, 1.82) is 0 Å². The molecule has 4 aromatic heterocycles. The number of fused-ring (bicyclic) bond motifs is 10.